The van der Waals surface area contributed by atoms with Crippen LogP contribution in [0.25, 0.3) is 11.0 Å². The molecule has 0 spiro atoms. The Morgan fingerprint density at radius 1 is 1.58 bits per heavy atom. The van der Waals surface area contributed by atoms with Crippen molar-refractivity contribution in [1.29, 1.82) is 0 Å². The molecule has 102 valence electrons. The second-order valence-electron chi connectivity index (χ2n) is 5.00. The maximum atomic E-state index is 5.75. The first kappa shape index (κ1) is 12.3. The third kappa shape index (κ3) is 2.80. The summed E-state index contributed by atoms with van der Waals surface area (Å²) in [5, 5.41) is 3.28. The number of hydrogen-bond acceptors (Lipinski definition) is 5. The molecule has 6 nitrogen and oxygen atoms in total. The molecule has 1 fully saturated rings. The minimum Gasteiger partial charge on any atom is -0.399 e. The van der Waals surface area contributed by atoms with E-state index in [-0.39, 0.29) is 6.10 Å². The molecule has 0 amide bonds. The van der Waals surface area contributed by atoms with E-state index in [0.29, 0.717) is 0 Å². The Morgan fingerprint density at radius 3 is 3.32 bits per heavy atom. The van der Waals surface area contributed by atoms with Gasteiger partial charge in [0.15, 0.2) is 0 Å². The number of aromatic nitrogens is 2. The fourth-order valence-electron chi connectivity index (χ4n) is 2.31. The first-order valence-electron chi connectivity index (χ1n) is 6.50. The Balaban J connectivity index is 1.65. The van der Waals surface area contributed by atoms with Crippen molar-refractivity contribution < 1.29 is 4.74 Å². The van der Waals surface area contributed by atoms with Crippen LogP contribution in [0.5, 0.6) is 0 Å². The Kier molecular flexibility index (Phi) is 3.27. The molecule has 1 aromatic carbocycles. The number of nitrogens with two attached hydrogens (primary N) is 1. The molecule has 19 heavy (non-hydrogen) atoms. The van der Waals surface area contributed by atoms with Crippen LogP contribution in [0.15, 0.2) is 18.2 Å². The van der Waals surface area contributed by atoms with E-state index in [1.165, 1.54) is 0 Å². The second kappa shape index (κ2) is 5.07. The van der Waals surface area contributed by atoms with Gasteiger partial charge in [-0.1, -0.05) is 0 Å². The number of fused-ring (bicyclic) bond motifs is 1. The first-order chi connectivity index (χ1) is 9.20. The van der Waals surface area contributed by atoms with Crippen LogP contribution < -0.4 is 11.1 Å². The van der Waals surface area contributed by atoms with Crippen LogP contribution in [0.1, 0.15) is 0 Å². The van der Waals surface area contributed by atoms with Gasteiger partial charge >= 0.3 is 0 Å². The SMILES string of the molecule is CN1CCOC(CNc2nc3ccc(N)cc3[nH]2)C1. The summed E-state index contributed by atoms with van der Waals surface area (Å²) in [5.74, 6) is 0.762. The number of morpholine rings is 1. The summed E-state index contributed by atoms with van der Waals surface area (Å²) in [6.07, 6.45) is 0.206. The van der Waals surface area contributed by atoms with Crippen molar-refractivity contribution in [2.24, 2.45) is 0 Å². The van der Waals surface area contributed by atoms with E-state index in [0.717, 1.165) is 48.9 Å². The van der Waals surface area contributed by atoms with E-state index >= 15 is 0 Å². The van der Waals surface area contributed by atoms with Crippen molar-refractivity contribution in [2.45, 2.75) is 6.10 Å². The van der Waals surface area contributed by atoms with Gasteiger partial charge in [0, 0.05) is 25.3 Å². The fraction of sp³-hybridized carbons (Fsp3) is 0.462. The zero-order valence-corrected chi connectivity index (χ0v) is 11.0. The minimum absolute atomic E-state index is 0.206. The van der Waals surface area contributed by atoms with Crippen molar-refractivity contribution in [3.8, 4) is 0 Å². The quantitative estimate of drug-likeness (QED) is 0.715. The minimum atomic E-state index is 0.206. The zero-order chi connectivity index (χ0) is 13.2. The molecule has 4 N–H and O–H groups in total. The molecule has 1 saturated heterocycles. The molecule has 1 atom stereocenters. The molecular weight excluding hydrogens is 242 g/mol. The van der Waals surface area contributed by atoms with E-state index in [9.17, 15) is 0 Å². The Morgan fingerprint density at radius 2 is 2.47 bits per heavy atom. The van der Waals surface area contributed by atoms with Crippen LogP contribution in [0.3, 0.4) is 0 Å². The summed E-state index contributed by atoms with van der Waals surface area (Å²) in [6.45, 7) is 3.49. The lowest BCUT2D eigenvalue weighted by Gasteiger charge is -2.29. The molecule has 2 aromatic rings. The number of hydrogen-bond donors (Lipinski definition) is 3. The number of aromatic amines is 1. The van der Waals surface area contributed by atoms with E-state index in [1.807, 2.05) is 18.2 Å². The van der Waals surface area contributed by atoms with Crippen LogP contribution in [-0.2, 0) is 4.74 Å². The molecule has 0 saturated carbocycles. The molecule has 6 heteroatoms. The summed E-state index contributed by atoms with van der Waals surface area (Å²) in [4.78, 5) is 9.95. The van der Waals surface area contributed by atoms with Crippen LogP contribution >= 0.6 is 0 Å². The second-order valence-corrected chi connectivity index (χ2v) is 5.00. The topological polar surface area (TPSA) is 79.2 Å². The fourth-order valence-corrected chi connectivity index (χ4v) is 2.31. The zero-order valence-electron chi connectivity index (χ0n) is 11.0. The molecule has 1 aliphatic heterocycles. The lowest BCUT2D eigenvalue weighted by molar-refractivity contribution is -0.0117. The van der Waals surface area contributed by atoms with Gasteiger partial charge in [0.05, 0.1) is 23.7 Å². The molecule has 0 aliphatic carbocycles. The maximum absolute atomic E-state index is 5.75. The summed E-state index contributed by atoms with van der Waals surface area (Å²) in [6, 6.07) is 5.65. The third-order valence-corrected chi connectivity index (χ3v) is 3.34. The molecule has 1 aliphatic rings. The average Bonchev–Trinajstić information content (AvgIpc) is 2.78. The molecule has 1 aromatic heterocycles. The van der Waals surface area contributed by atoms with Gasteiger partial charge in [0.2, 0.25) is 5.95 Å². The number of nitrogens with zero attached hydrogens (tertiary/aromatic N) is 2. The number of rotatable bonds is 3. The van der Waals surface area contributed by atoms with Gasteiger partial charge < -0.3 is 25.7 Å². The molecule has 0 radical (unpaired) electrons. The van der Waals surface area contributed by atoms with Crippen molar-refractivity contribution in [1.82, 2.24) is 14.9 Å². The standard InChI is InChI=1S/C13H19N5O/c1-18-4-5-19-10(8-18)7-15-13-16-11-3-2-9(14)6-12(11)17-13/h2-3,6,10H,4-5,7-8,14H2,1H3,(H2,15,16,17). The predicted octanol–water partition coefficient (Wildman–Crippen LogP) is 0.888. The Hall–Kier alpha value is -1.79. The van der Waals surface area contributed by atoms with Gasteiger partial charge in [0.25, 0.3) is 0 Å². The highest BCUT2D eigenvalue weighted by Gasteiger charge is 2.17. The summed E-state index contributed by atoms with van der Waals surface area (Å²) in [7, 11) is 2.11. The highest BCUT2D eigenvalue weighted by atomic mass is 16.5. The van der Waals surface area contributed by atoms with Crippen LogP contribution in [0.4, 0.5) is 11.6 Å². The molecule has 3 rings (SSSR count). The van der Waals surface area contributed by atoms with E-state index in [4.69, 9.17) is 10.5 Å². The monoisotopic (exact) mass is 261 g/mol. The van der Waals surface area contributed by atoms with Gasteiger partial charge in [-0.15, -0.1) is 0 Å². The number of ether oxygens (including phenoxy) is 1. The Labute approximate surface area is 111 Å². The van der Waals surface area contributed by atoms with Crippen LogP contribution in [0.2, 0.25) is 0 Å². The predicted molar refractivity (Wildman–Crippen MR) is 76.2 cm³/mol. The van der Waals surface area contributed by atoms with Crippen molar-refractivity contribution in [2.75, 3.05) is 44.3 Å². The normalized spacial score (nSPS) is 20.8. The lowest BCUT2D eigenvalue weighted by atomic mass is 10.3. The summed E-state index contributed by atoms with van der Waals surface area (Å²) < 4.78 is 5.70. The van der Waals surface area contributed by atoms with E-state index < -0.39 is 0 Å². The van der Waals surface area contributed by atoms with Gasteiger partial charge in [-0.05, 0) is 25.2 Å². The van der Waals surface area contributed by atoms with Gasteiger partial charge in [-0.3, -0.25) is 0 Å². The van der Waals surface area contributed by atoms with Crippen LogP contribution in [-0.4, -0.2) is 54.3 Å². The van der Waals surface area contributed by atoms with E-state index in [2.05, 4.69) is 27.2 Å². The van der Waals surface area contributed by atoms with Gasteiger partial charge in [-0.2, -0.15) is 0 Å². The highest BCUT2D eigenvalue weighted by Crippen LogP contribution is 2.17. The number of imidazole rings is 1. The summed E-state index contributed by atoms with van der Waals surface area (Å²) >= 11 is 0. The maximum Gasteiger partial charge on any atom is 0.201 e. The van der Waals surface area contributed by atoms with Gasteiger partial charge in [0.1, 0.15) is 0 Å². The van der Waals surface area contributed by atoms with Crippen LogP contribution in [0, 0.1) is 0 Å². The van der Waals surface area contributed by atoms with E-state index in [1.54, 1.807) is 0 Å². The highest BCUT2D eigenvalue weighted by molar-refractivity contribution is 5.80. The third-order valence-electron chi connectivity index (χ3n) is 3.34. The largest absolute Gasteiger partial charge is 0.399 e. The lowest BCUT2D eigenvalue weighted by Crippen LogP contribution is -2.43. The Bertz CT molecular complexity index is 567. The van der Waals surface area contributed by atoms with Crippen molar-refractivity contribution in [3.63, 3.8) is 0 Å². The number of H-pyrrole nitrogens is 1. The molecule has 2 heterocycles. The number of nitrogen functional groups attached to an aromatic ring is 1. The van der Waals surface area contributed by atoms with Crippen molar-refractivity contribution >= 4 is 22.7 Å². The van der Waals surface area contributed by atoms with Gasteiger partial charge in [-0.25, -0.2) is 4.98 Å². The van der Waals surface area contributed by atoms with Crippen molar-refractivity contribution in [3.05, 3.63) is 18.2 Å². The number of likely N-dealkylation sites (N-methyl/N-ethyl adjacent to an activating group) is 1. The average molecular weight is 261 g/mol. The smallest absolute Gasteiger partial charge is 0.201 e. The summed E-state index contributed by atoms with van der Waals surface area (Å²) in [5.41, 5.74) is 8.35. The first-order valence-corrected chi connectivity index (χ1v) is 6.50. The molecule has 1 unspecified atom stereocenters. The molecule has 0 bridgehead atoms. The number of nitrogens with one attached hydrogen (secondary N) is 2. The number of benzene rings is 1. The number of anilines is 2. The molecular formula is C13H19N5O.